The van der Waals surface area contributed by atoms with E-state index >= 15 is 0 Å². The lowest BCUT2D eigenvalue weighted by Crippen LogP contribution is -2.21. The Morgan fingerprint density at radius 3 is 2.87 bits per heavy atom. The van der Waals surface area contributed by atoms with Crippen LogP contribution in [0.5, 0.6) is 0 Å². The molecule has 1 N–H and O–H groups in total. The van der Waals surface area contributed by atoms with E-state index in [0.29, 0.717) is 30.9 Å². The second-order valence-electron chi connectivity index (χ2n) is 5.88. The fourth-order valence-electron chi connectivity index (χ4n) is 2.98. The Bertz CT molecular complexity index is 820. The van der Waals surface area contributed by atoms with Crippen molar-refractivity contribution in [3.8, 4) is 0 Å². The number of halogens is 2. The maximum Gasteiger partial charge on any atom is 0.178 e. The van der Waals surface area contributed by atoms with E-state index in [9.17, 15) is 17.2 Å². The first-order chi connectivity index (χ1) is 10.8. The number of likely N-dealkylation sites (tertiary alicyclic amines) is 1. The van der Waals surface area contributed by atoms with E-state index < -0.39 is 21.5 Å². The van der Waals surface area contributed by atoms with E-state index in [1.165, 1.54) is 18.3 Å². The van der Waals surface area contributed by atoms with Crippen LogP contribution in [0.3, 0.4) is 0 Å². The van der Waals surface area contributed by atoms with Crippen molar-refractivity contribution in [1.29, 1.82) is 0 Å². The second-order valence-corrected chi connectivity index (χ2v) is 7.86. The van der Waals surface area contributed by atoms with Crippen LogP contribution in [-0.4, -0.2) is 42.9 Å². The Labute approximate surface area is 133 Å². The van der Waals surface area contributed by atoms with Gasteiger partial charge in [-0.1, -0.05) is 6.07 Å². The zero-order valence-corrected chi connectivity index (χ0v) is 13.4. The van der Waals surface area contributed by atoms with Gasteiger partial charge in [-0.05, 0) is 19.0 Å². The number of H-pyrrole nitrogens is 1. The van der Waals surface area contributed by atoms with Gasteiger partial charge < -0.3 is 0 Å². The summed E-state index contributed by atoms with van der Waals surface area (Å²) < 4.78 is 50.2. The summed E-state index contributed by atoms with van der Waals surface area (Å²) in [6.07, 6.45) is 3.24. The van der Waals surface area contributed by atoms with Crippen molar-refractivity contribution in [1.82, 2.24) is 15.1 Å². The molecule has 1 fully saturated rings. The predicted molar refractivity (Wildman–Crippen MR) is 80.7 cm³/mol. The average molecular weight is 341 g/mol. The minimum absolute atomic E-state index is 0.00531. The number of aromatic nitrogens is 2. The molecule has 0 aliphatic carbocycles. The summed E-state index contributed by atoms with van der Waals surface area (Å²) >= 11 is 0. The summed E-state index contributed by atoms with van der Waals surface area (Å²) in [7, 11) is -3.33. The van der Waals surface area contributed by atoms with Crippen molar-refractivity contribution >= 4 is 9.84 Å². The summed E-state index contributed by atoms with van der Waals surface area (Å²) in [6, 6.07) is 3.55. The molecule has 0 amide bonds. The fraction of sp³-hybridized carbons (Fsp3) is 0.400. The summed E-state index contributed by atoms with van der Waals surface area (Å²) in [6.45, 7) is 1.68. The van der Waals surface area contributed by atoms with Gasteiger partial charge in [0, 0.05) is 36.9 Å². The molecule has 2 aromatic rings. The highest BCUT2D eigenvalue weighted by atomic mass is 32.2. The lowest BCUT2D eigenvalue weighted by atomic mass is 10.1. The molecule has 0 bridgehead atoms. The number of aromatic amines is 1. The Kier molecular flexibility index (Phi) is 4.20. The Morgan fingerprint density at radius 2 is 2.17 bits per heavy atom. The predicted octanol–water partition coefficient (Wildman–Crippen LogP) is 2.08. The van der Waals surface area contributed by atoms with Crippen molar-refractivity contribution in [2.45, 2.75) is 23.8 Å². The molecule has 0 radical (unpaired) electrons. The molecular formula is C15H17F2N3O2S. The fourth-order valence-corrected chi connectivity index (χ4v) is 3.83. The smallest absolute Gasteiger partial charge is 0.178 e. The molecule has 1 saturated heterocycles. The lowest BCUT2D eigenvalue weighted by molar-refractivity contribution is 0.320. The van der Waals surface area contributed by atoms with Crippen LogP contribution in [0.1, 0.15) is 23.6 Å². The molecule has 124 valence electrons. The normalized spacial score (nSPS) is 19.3. The largest absolute Gasteiger partial charge is 0.298 e. The zero-order chi connectivity index (χ0) is 16.6. The van der Waals surface area contributed by atoms with Crippen molar-refractivity contribution in [2.75, 3.05) is 19.3 Å². The molecule has 1 aromatic heterocycles. The minimum Gasteiger partial charge on any atom is -0.298 e. The average Bonchev–Trinajstić information content (AvgIpc) is 3.09. The number of rotatable bonds is 4. The number of nitrogens with one attached hydrogen (secondary N) is 1. The molecular weight excluding hydrogens is 324 g/mol. The van der Waals surface area contributed by atoms with Gasteiger partial charge >= 0.3 is 0 Å². The summed E-state index contributed by atoms with van der Waals surface area (Å²) in [5, 5.41) is 6.62. The summed E-state index contributed by atoms with van der Waals surface area (Å²) in [5.41, 5.74) is 1.04. The highest BCUT2D eigenvalue weighted by Gasteiger charge is 2.29. The molecule has 5 nitrogen and oxygen atoms in total. The van der Waals surface area contributed by atoms with Crippen LogP contribution in [0, 0.1) is 11.6 Å². The SMILES string of the molecule is CS(=O)(=O)c1cn[nH]c1[C@@H]1CCN(Cc2ccc(F)cc2F)C1. The maximum atomic E-state index is 13.7. The second kappa shape index (κ2) is 6.01. The molecule has 2 heterocycles. The molecule has 1 aromatic carbocycles. The first-order valence-corrected chi connectivity index (χ1v) is 9.13. The van der Waals surface area contributed by atoms with Crippen LogP contribution in [0.4, 0.5) is 8.78 Å². The molecule has 1 aliphatic rings. The van der Waals surface area contributed by atoms with Crippen LogP contribution in [0.2, 0.25) is 0 Å². The van der Waals surface area contributed by atoms with Crippen molar-refractivity contribution in [3.05, 3.63) is 47.3 Å². The number of hydrogen-bond acceptors (Lipinski definition) is 4. The molecule has 1 aliphatic heterocycles. The van der Waals surface area contributed by atoms with Gasteiger partial charge in [-0.3, -0.25) is 10.00 Å². The van der Waals surface area contributed by atoms with E-state index in [2.05, 4.69) is 10.2 Å². The van der Waals surface area contributed by atoms with Gasteiger partial charge in [-0.15, -0.1) is 0 Å². The molecule has 23 heavy (non-hydrogen) atoms. The van der Waals surface area contributed by atoms with E-state index in [-0.39, 0.29) is 10.8 Å². The van der Waals surface area contributed by atoms with Gasteiger partial charge in [0.25, 0.3) is 0 Å². The van der Waals surface area contributed by atoms with Crippen LogP contribution in [-0.2, 0) is 16.4 Å². The highest BCUT2D eigenvalue weighted by molar-refractivity contribution is 7.90. The molecule has 0 saturated carbocycles. The summed E-state index contributed by atoms with van der Waals surface area (Å²) in [4.78, 5) is 2.24. The Balaban J connectivity index is 1.73. The molecule has 0 unspecified atom stereocenters. The van der Waals surface area contributed by atoms with Crippen molar-refractivity contribution in [2.24, 2.45) is 0 Å². The minimum atomic E-state index is -3.33. The third kappa shape index (κ3) is 3.42. The topological polar surface area (TPSA) is 66.1 Å². The van der Waals surface area contributed by atoms with Crippen molar-refractivity contribution < 1.29 is 17.2 Å². The number of nitrogens with zero attached hydrogens (tertiary/aromatic N) is 2. The van der Waals surface area contributed by atoms with Gasteiger partial charge in [-0.25, -0.2) is 17.2 Å². The van der Waals surface area contributed by atoms with Gasteiger partial charge in [0.15, 0.2) is 9.84 Å². The molecule has 1 atom stereocenters. The maximum absolute atomic E-state index is 13.7. The molecule has 8 heteroatoms. The third-order valence-electron chi connectivity index (χ3n) is 4.12. The summed E-state index contributed by atoms with van der Waals surface area (Å²) in [5.74, 6) is -1.15. The van der Waals surface area contributed by atoms with Crippen LogP contribution < -0.4 is 0 Å². The van der Waals surface area contributed by atoms with Gasteiger partial charge in [-0.2, -0.15) is 5.10 Å². The van der Waals surface area contributed by atoms with E-state index in [0.717, 1.165) is 18.7 Å². The Hall–Kier alpha value is -1.80. The lowest BCUT2D eigenvalue weighted by Gasteiger charge is -2.16. The van der Waals surface area contributed by atoms with Crippen LogP contribution in [0.25, 0.3) is 0 Å². The van der Waals surface area contributed by atoms with Gasteiger partial charge in [0.2, 0.25) is 0 Å². The number of benzene rings is 1. The van der Waals surface area contributed by atoms with Crippen LogP contribution >= 0.6 is 0 Å². The number of hydrogen-bond donors (Lipinski definition) is 1. The number of sulfone groups is 1. The first kappa shape index (κ1) is 16.1. The third-order valence-corrected chi connectivity index (χ3v) is 5.25. The molecule has 3 rings (SSSR count). The first-order valence-electron chi connectivity index (χ1n) is 7.24. The Morgan fingerprint density at radius 1 is 1.39 bits per heavy atom. The standard InChI is InChI=1S/C15H17F2N3O2S/c1-23(21,22)14-7-18-19-15(14)11-4-5-20(9-11)8-10-2-3-12(16)6-13(10)17/h2-3,6-7,11H,4-5,8-9H2,1H3,(H,18,19)/t11-/m1/s1. The zero-order valence-electron chi connectivity index (χ0n) is 12.6. The van der Waals surface area contributed by atoms with Gasteiger partial charge in [0.1, 0.15) is 16.5 Å². The van der Waals surface area contributed by atoms with E-state index in [1.807, 2.05) is 4.90 Å². The highest BCUT2D eigenvalue weighted by Crippen LogP contribution is 2.31. The van der Waals surface area contributed by atoms with Crippen molar-refractivity contribution in [3.63, 3.8) is 0 Å². The van der Waals surface area contributed by atoms with E-state index in [1.54, 1.807) is 0 Å². The van der Waals surface area contributed by atoms with Gasteiger partial charge in [0.05, 0.1) is 11.9 Å². The monoisotopic (exact) mass is 341 g/mol. The van der Waals surface area contributed by atoms with E-state index in [4.69, 9.17) is 0 Å². The molecule has 0 spiro atoms. The quantitative estimate of drug-likeness (QED) is 0.925. The van der Waals surface area contributed by atoms with Crippen LogP contribution in [0.15, 0.2) is 29.3 Å².